The van der Waals surface area contributed by atoms with E-state index in [0.29, 0.717) is 6.42 Å². The van der Waals surface area contributed by atoms with Crippen LogP contribution in [-0.4, -0.2) is 28.8 Å². The lowest BCUT2D eigenvalue weighted by Gasteiger charge is -2.27. The first-order chi connectivity index (χ1) is 6.08. The first kappa shape index (κ1) is 13.3. The molecule has 13 heavy (non-hydrogen) atoms. The molecule has 1 amide bonds. The highest BCUT2D eigenvalue weighted by atomic mass is 79.9. The topological polar surface area (TPSA) is 29.1 Å². The van der Waals surface area contributed by atoms with Gasteiger partial charge in [-0.2, -0.15) is 11.8 Å². The molecule has 1 N–H and O–H groups in total. The Balaban J connectivity index is 3.87. The average molecular weight is 268 g/mol. The molecule has 0 aromatic carbocycles. The molecule has 0 aliphatic carbocycles. The Morgan fingerprint density at radius 3 is 2.62 bits per heavy atom. The standard InChI is InChI=1S/C9H18BrNOS/c1-4-9(2,7-10)11-8(12)5-6-13-3/h4-7H2,1-3H3,(H,11,12). The van der Waals surface area contributed by atoms with E-state index in [9.17, 15) is 4.79 Å². The molecule has 4 heteroatoms. The summed E-state index contributed by atoms with van der Waals surface area (Å²) in [6, 6.07) is 0. The molecule has 0 heterocycles. The molecule has 0 aliphatic rings. The Bertz CT molecular complexity index is 160. The number of rotatable bonds is 6. The fourth-order valence-corrected chi connectivity index (χ4v) is 1.74. The minimum Gasteiger partial charge on any atom is -0.350 e. The Kier molecular flexibility index (Phi) is 6.86. The molecule has 0 spiro atoms. The molecule has 0 aromatic heterocycles. The predicted octanol–water partition coefficient (Wildman–Crippen LogP) is 2.42. The fraction of sp³-hybridized carbons (Fsp3) is 0.889. The first-order valence-electron chi connectivity index (χ1n) is 4.44. The van der Waals surface area contributed by atoms with Crippen LogP contribution in [0.25, 0.3) is 0 Å². The number of hydrogen-bond acceptors (Lipinski definition) is 2. The molecule has 78 valence electrons. The smallest absolute Gasteiger partial charge is 0.221 e. The van der Waals surface area contributed by atoms with Gasteiger partial charge >= 0.3 is 0 Å². The summed E-state index contributed by atoms with van der Waals surface area (Å²) in [6.45, 7) is 4.13. The fourth-order valence-electron chi connectivity index (χ4n) is 0.810. The minimum atomic E-state index is -0.0878. The number of nitrogens with one attached hydrogen (secondary N) is 1. The van der Waals surface area contributed by atoms with Crippen molar-refractivity contribution in [2.75, 3.05) is 17.3 Å². The van der Waals surface area contributed by atoms with Gasteiger partial charge in [0.1, 0.15) is 0 Å². The van der Waals surface area contributed by atoms with Gasteiger partial charge in [-0.15, -0.1) is 0 Å². The van der Waals surface area contributed by atoms with Crippen LogP contribution in [0.15, 0.2) is 0 Å². The first-order valence-corrected chi connectivity index (χ1v) is 6.95. The van der Waals surface area contributed by atoms with Crippen molar-refractivity contribution in [2.24, 2.45) is 0 Å². The third-order valence-electron chi connectivity index (χ3n) is 2.05. The SMILES string of the molecule is CCC(C)(CBr)NC(=O)CCSC. The Morgan fingerprint density at radius 1 is 1.62 bits per heavy atom. The second kappa shape index (κ2) is 6.71. The van der Waals surface area contributed by atoms with Gasteiger partial charge in [0, 0.05) is 23.0 Å². The van der Waals surface area contributed by atoms with Crippen molar-refractivity contribution in [3.05, 3.63) is 0 Å². The number of halogens is 1. The molecule has 0 aliphatic heterocycles. The average Bonchev–Trinajstić information content (AvgIpc) is 2.14. The molecular weight excluding hydrogens is 250 g/mol. The third kappa shape index (κ3) is 5.57. The predicted molar refractivity (Wildman–Crippen MR) is 63.6 cm³/mol. The van der Waals surface area contributed by atoms with E-state index in [0.717, 1.165) is 17.5 Å². The van der Waals surface area contributed by atoms with Gasteiger partial charge in [-0.25, -0.2) is 0 Å². The van der Waals surface area contributed by atoms with Gasteiger partial charge < -0.3 is 5.32 Å². The van der Waals surface area contributed by atoms with Crippen molar-refractivity contribution in [1.82, 2.24) is 5.32 Å². The maximum atomic E-state index is 11.4. The van der Waals surface area contributed by atoms with Crippen molar-refractivity contribution in [3.63, 3.8) is 0 Å². The molecule has 0 bridgehead atoms. The molecule has 2 nitrogen and oxygen atoms in total. The van der Waals surface area contributed by atoms with Crippen LogP contribution in [0, 0.1) is 0 Å². The van der Waals surface area contributed by atoms with Crippen molar-refractivity contribution in [1.29, 1.82) is 0 Å². The molecule has 0 aromatic rings. The second-order valence-corrected chi connectivity index (χ2v) is 4.89. The normalized spacial score (nSPS) is 15.1. The van der Waals surface area contributed by atoms with Gasteiger partial charge in [0.05, 0.1) is 0 Å². The van der Waals surface area contributed by atoms with E-state index < -0.39 is 0 Å². The number of hydrogen-bond donors (Lipinski definition) is 1. The maximum absolute atomic E-state index is 11.4. The van der Waals surface area contributed by atoms with Crippen LogP contribution in [0.3, 0.4) is 0 Å². The van der Waals surface area contributed by atoms with Gasteiger partial charge in [-0.3, -0.25) is 4.79 Å². The van der Waals surface area contributed by atoms with Gasteiger partial charge in [-0.1, -0.05) is 22.9 Å². The summed E-state index contributed by atoms with van der Waals surface area (Å²) in [6.07, 6.45) is 3.57. The largest absolute Gasteiger partial charge is 0.350 e. The minimum absolute atomic E-state index is 0.0878. The number of alkyl halides is 1. The lowest BCUT2D eigenvalue weighted by molar-refractivity contribution is -0.122. The van der Waals surface area contributed by atoms with Crippen molar-refractivity contribution < 1.29 is 4.79 Å². The summed E-state index contributed by atoms with van der Waals surface area (Å²) >= 11 is 5.11. The van der Waals surface area contributed by atoms with Gasteiger partial charge in [0.2, 0.25) is 5.91 Å². The lowest BCUT2D eigenvalue weighted by atomic mass is 10.0. The van der Waals surface area contributed by atoms with Crippen LogP contribution in [0.1, 0.15) is 26.7 Å². The Morgan fingerprint density at radius 2 is 2.23 bits per heavy atom. The molecule has 0 saturated carbocycles. The maximum Gasteiger partial charge on any atom is 0.221 e. The highest BCUT2D eigenvalue weighted by molar-refractivity contribution is 9.09. The van der Waals surface area contributed by atoms with Crippen LogP contribution >= 0.6 is 27.7 Å². The summed E-state index contributed by atoms with van der Waals surface area (Å²) in [4.78, 5) is 11.4. The second-order valence-electron chi connectivity index (χ2n) is 3.34. The molecule has 0 saturated heterocycles. The van der Waals surface area contributed by atoms with Crippen LogP contribution in [0.5, 0.6) is 0 Å². The zero-order chi connectivity index (χ0) is 10.3. The highest BCUT2D eigenvalue weighted by Gasteiger charge is 2.21. The summed E-state index contributed by atoms with van der Waals surface area (Å²) in [5.74, 6) is 1.05. The summed E-state index contributed by atoms with van der Waals surface area (Å²) in [7, 11) is 0. The van der Waals surface area contributed by atoms with Crippen LogP contribution in [0.4, 0.5) is 0 Å². The summed E-state index contributed by atoms with van der Waals surface area (Å²) in [5.41, 5.74) is -0.0878. The van der Waals surface area contributed by atoms with Crippen LogP contribution in [-0.2, 0) is 4.79 Å². The molecule has 1 unspecified atom stereocenters. The van der Waals surface area contributed by atoms with Gasteiger partial charge in [-0.05, 0) is 19.6 Å². The molecule has 0 radical (unpaired) electrons. The third-order valence-corrected chi connectivity index (χ3v) is 3.90. The Labute approximate surface area is 93.4 Å². The Hall–Kier alpha value is 0.300. The summed E-state index contributed by atoms with van der Waals surface area (Å²) < 4.78 is 0. The zero-order valence-corrected chi connectivity index (χ0v) is 10.9. The number of carbonyl (C=O) groups is 1. The number of amides is 1. The van der Waals surface area contributed by atoms with E-state index in [1.807, 2.05) is 6.26 Å². The summed E-state index contributed by atoms with van der Waals surface area (Å²) in [5, 5.41) is 3.84. The zero-order valence-electron chi connectivity index (χ0n) is 8.52. The number of thioether (sulfide) groups is 1. The van der Waals surface area contributed by atoms with Crippen molar-refractivity contribution in [3.8, 4) is 0 Å². The van der Waals surface area contributed by atoms with E-state index in [1.54, 1.807) is 11.8 Å². The van der Waals surface area contributed by atoms with Crippen molar-refractivity contribution in [2.45, 2.75) is 32.2 Å². The van der Waals surface area contributed by atoms with E-state index >= 15 is 0 Å². The lowest BCUT2D eigenvalue weighted by Crippen LogP contribution is -2.47. The van der Waals surface area contributed by atoms with Crippen molar-refractivity contribution >= 4 is 33.6 Å². The van der Waals surface area contributed by atoms with E-state index in [4.69, 9.17) is 0 Å². The molecule has 1 atom stereocenters. The van der Waals surface area contributed by atoms with Gasteiger partial charge in [0.25, 0.3) is 0 Å². The van der Waals surface area contributed by atoms with Gasteiger partial charge in [0.15, 0.2) is 0 Å². The highest BCUT2D eigenvalue weighted by Crippen LogP contribution is 2.12. The molecule has 0 rings (SSSR count). The van der Waals surface area contributed by atoms with E-state index in [2.05, 4.69) is 35.1 Å². The quantitative estimate of drug-likeness (QED) is 0.749. The number of carbonyl (C=O) groups excluding carboxylic acids is 1. The molecular formula is C9H18BrNOS. The molecule has 0 fully saturated rings. The van der Waals surface area contributed by atoms with Crippen LogP contribution < -0.4 is 5.32 Å². The van der Waals surface area contributed by atoms with E-state index in [1.165, 1.54) is 0 Å². The van der Waals surface area contributed by atoms with E-state index in [-0.39, 0.29) is 11.4 Å². The monoisotopic (exact) mass is 267 g/mol. The van der Waals surface area contributed by atoms with Crippen LogP contribution in [0.2, 0.25) is 0 Å².